The first-order valence-electron chi connectivity index (χ1n) is 9.91. The van der Waals surface area contributed by atoms with Crippen molar-refractivity contribution < 1.29 is 0 Å². The topological polar surface area (TPSA) is 20.2 Å². The summed E-state index contributed by atoms with van der Waals surface area (Å²) in [4.78, 5) is 3.45. The first-order valence-corrected chi connectivity index (χ1v) is 11.5. The van der Waals surface area contributed by atoms with Crippen molar-refractivity contribution in [2.24, 2.45) is 7.05 Å². The second kappa shape index (κ2) is 9.37. The number of aryl methyl sites for hydroxylation is 1. The molecule has 0 amide bonds. The van der Waals surface area contributed by atoms with Gasteiger partial charge >= 0.3 is 0 Å². The van der Waals surface area contributed by atoms with Gasteiger partial charge in [-0.25, -0.2) is 0 Å². The van der Waals surface area contributed by atoms with Gasteiger partial charge in [0.2, 0.25) is 0 Å². The number of para-hydroxylation sites is 1. The third-order valence-corrected chi connectivity index (χ3v) is 6.25. The zero-order valence-electron chi connectivity index (χ0n) is 17.2. The van der Waals surface area contributed by atoms with E-state index in [-0.39, 0.29) is 0 Å². The SMILES string of the molecule is CSc1cccc(NC(=S)N(Cc2ccccc2)Cc2cn(C)c3ccccc23)c1. The van der Waals surface area contributed by atoms with E-state index in [4.69, 9.17) is 12.2 Å². The van der Waals surface area contributed by atoms with Crippen molar-refractivity contribution in [2.75, 3.05) is 11.6 Å². The van der Waals surface area contributed by atoms with E-state index >= 15 is 0 Å². The van der Waals surface area contributed by atoms with Gasteiger partial charge in [-0.3, -0.25) is 0 Å². The van der Waals surface area contributed by atoms with Gasteiger partial charge in [-0.15, -0.1) is 11.8 Å². The highest BCUT2D eigenvalue weighted by Gasteiger charge is 2.15. The van der Waals surface area contributed by atoms with Crippen molar-refractivity contribution in [3.05, 3.63) is 96.2 Å². The third-order valence-electron chi connectivity index (χ3n) is 5.17. The number of thioether (sulfide) groups is 1. The first-order chi connectivity index (χ1) is 14.6. The summed E-state index contributed by atoms with van der Waals surface area (Å²) in [6.45, 7) is 1.49. The van der Waals surface area contributed by atoms with E-state index in [9.17, 15) is 0 Å². The standard InChI is InChI=1S/C25H25N3S2/c1-27-17-20(23-13-6-7-14-24(23)27)18-28(16-19-9-4-3-5-10-19)25(29)26-21-11-8-12-22(15-21)30-2/h3-15,17H,16,18H2,1-2H3,(H,26,29). The zero-order valence-corrected chi connectivity index (χ0v) is 18.8. The molecule has 0 bridgehead atoms. The van der Waals surface area contributed by atoms with Crippen LogP contribution >= 0.6 is 24.0 Å². The third kappa shape index (κ3) is 4.69. The molecule has 4 rings (SSSR count). The molecule has 152 valence electrons. The molecule has 0 aliphatic heterocycles. The van der Waals surface area contributed by atoms with Crippen molar-refractivity contribution in [1.82, 2.24) is 9.47 Å². The molecule has 3 nitrogen and oxygen atoms in total. The summed E-state index contributed by atoms with van der Waals surface area (Å²) >= 11 is 7.59. The Bertz CT molecular complexity index is 1150. The predicted octanol–water partition coefficient (Wildman–Crippen LogP) is 6.30. The van der Waals surface area contributed by atoms with Gasteiger partial charge in [0.15, 0.2) is 5.11 Å². The molecule has 0 saturated carbocycles. The van der Waals surface area contributed by atoms with Crippen LogP contribution in [-0.4, -0.2) is 20.8 Å². The Morgan fingerprint density at radius 3 is 2.53 bits per heavy atom. The zero-order chi connectivity index (χ0) is 20.9. The van der Waals surface area contributed by atoms with Crippen LogP contribution in [0.3, 0.4) is 0 Å². The number of rotatable bonds is 6. The largest absolute Gasteiger partial charge is 0.350 e. The Hall–Kier alpha value is -2.76. The van der Waals surface area contributed by atoms with Gasteiger partial charge in [-0.05, 0) is 53.9 Å². The summed E-state index contributed by atoms with van der Waals surface area (Å²) in [7, 11) is 2.10. The second-order valence-corrected chi connectivity index (χ2v) is 8.55. The van der Waals surface area contributed by atoms with Gasteiger partial charge in [0.25, 0.3) is 0 Å². The molecule has 30 heavy (non-hydrogen) atoms. The Morgan fingerprint density at radius 1 is 0.967 bits per heavy atom. The van der Waals surface area contributed by atoms with Gasteiger partial charge in [0.1, 0.15) is 0 Å². The van der Waals surface area contributed by atoms with Crippen LogP contribution in [0.15, 0.2) is 90.0 Å². The van der Waals surface area contributed by atoms with E-state index in [2.05, 4.69) is 107 Å². The average Bonchev–Trinajstić information content (AvgIpc) is 3.09. The van der Waals surface area contributed by atoms with Crippen LogP contribution < -0.4 is 5.32 Å². The Balaban J connectivity index is 1.62. The van der Waals surface area contributed by atoms with Crippen molar-refractivity contribution in [3.63, 3.8) is 0 Å². The fourth-order valence-electron chi connectivity index (χ4n) is 3.66. The summed E-state index contributed by atoms with van der Waals surface area (Å²) in [5.74, 6) is 0. The second-order valence-electron chi connectivity index (χ2n) is 7.29. The highest BCUT2D eigenvalue weighted by molar-refractivity contribution is 7.98. The van der Waals surface area contributed by atoms with Crippen LogP contribution in [0.5, 0.6) is 0 Å². The van der Waals surface area contributed by atoms with Crippen LogP contribution in [0, 0.1) is 0 Å². The highest BCUT2D eigenvalue weighted by atomic mass is 32.2. The lowest BCUT2D eigenvalue weighted by Gasteiger charge is -2.26. The molecule has 1 aromatic heterocycles. The molecule has 1 N–H and O–H groups in total. The normalized spacial score (nSPS) is 10.9. The molecule has 0 fully saturated rings. The molecule has 0 aliphatic carbocycles. The van der Waals surface area contributed by atoms with Crippen LogP contribution in [0.1, 0.15) is 11.1 Å². The van der Waals surface area contributed by atoms with E-state index in [1.807, 2.05) is 6.07 Å². The number of aromatic nitrogens is 1. The average molecular weight is 432 g/mol. The minimum Gasteiger partial charge on any atom is -0.350 e. The van der Waals surface area contributed by atoms with Crippen LogP contribution in [0.4, 0.5) is 5.69 Å². The van der Waals surface area contributed by atoms with Crippen LogP contribution in [-0.2, 0) is 20.1 Å². The van der Waals surface area contributed by atoms with E-state index in [1.165, 1.54) is 26.9 Å². The molecule has 0 radical (unpaired) electrons. The number of hydrogen-bond donors (Lipinski definition) is 1. The molecule has 0 spiro atoms. The van der Waals surface area contributed by atoms with Crippen LogP contribution in [0.2, 0.25) is 0 Å². The van der Waals surface area contributed by atoms with E-state index in [1.54, 1.807) is 11.8 Å². The molecule has 0 unspecified atom stereocenters. The number of thiocarbonyl (C=S) groups is 1. The molecule has 4 aromatic rings. The van der Waals surface area contributed by atoms with Gasteiger partial charge in [-0.2, -0.15) is 0 Å². The summed E-state index contributed by atoms with van der Waals surface area (Å²) < 4.78 is 2.18. The van der Waals surface area contributed by atoms with Crippen molar-refractivity contribution >= 4 is 45.7 Å². The van der Waals surface area contributed by atoms with E-state index in [0.717, 1.165) is 23.9 Å². The van der Waals surface area contributed by atoms with Gasteiger partial charge in [-0.1, -0.05) is 54.6 Å². The summed E-state index contributed by atoms with van der Waals surface area (Å²) in [6, 6.07) is 27.4. The molecule has 3 aromatic carbocycles. The lowest BCUT2D eigenvalue weighted by molar-refractivity contribution is 0.414. The van der Waals surface area contributed by atoms with E-state index in [0.29, 0.717) is 0 Å². The number of anilines is 1. The van der Waals surface area contributed by atoms with Crippen LogP contribution in [0.25, 0.3) is 10.9 Å². The molecular formula is C25H25N3S2. The Morgan fingerprint density at radius 2 is 1.73 bits per heavy atom. The van der Waals surface area contributed by atoms with Gasteiger partial charge < -0.3 is 14.8 Å². The lowest BCUT2D eigenvalue weighted by Crippen LogP contribution is -2.33. The Labute approximate surface area is 187 Å². The maximum atomic E-state index is 5.87. The molecule has 0 aliphatic rings. The molecular weight excluding hydrogens is 406 g/mol. The predicted molar refractivity (Wildman–Crippen MR) is 133 cm³/mol. The monoisotopic (exact) mass is 431 g/mol. The van der Waals surface area contributed by atoms with Gasteiger partial charge in [0, 0.05) is 47.8 Å². The summed E-state index contributed by atoms with van der Waals surface area (Å²) in [6.07, 6.45) is 4.29. The molecule has 0 atom stereocenters. The van der Waals surface area contributed by atoms with Crippen molar-refractivity contribution in [2.45, 2.75) is 18.0 Å². The quantitative estimate of drug-likeness (QED) is 0.285. The van der Waals surface area contributed by atoms with Crippen molar-refractivity contribution in [3.8, 4) is 0 Å². The minimum absolute atomic E-state index is 0.727. The maximum Gasteiger partial charge on any atom is 0.174 e. The number of fused-ring (bicyclic) bond motifs is 1. The highest BCUT2D eigenvalue weighted by Crippen LogP contribution is 2.24. The molecule has 0 saturated heterocycles. The summed E-state index contributed by atoms with van der Waals surface area (Å²) in [5, 5.41) is 5.44. The minimum atomic E-state index is 0.727. The smallest absolute Gasteiger partial charge is 0.174 e. The van der Waals surface area contributed by atoms with E-state index < -0.39 is 0 Å². The number of nitrogens with zero attached hydrogens (tertiary/aromatic N) is 2. The molecule has 1 heterocycles. The number of benzene rings is 3. The first kappa shape index (κ1) is 20.5. The molecule has 5 heteroatoms. The van der Waals surface area contributed by atoms with Crippen molar-refractivity contribution in [1.29, 1.82) is 0 Å². The lowest BCUT2D eigenvalue weighted by atomic mass is 10.1. The fraction of sp³-hybridized carbons (Fsp3) is 0.160. The fourth-order valence-corrected chi connectivity index (χ4v) is 4.37. The number of hydrogen-bond acceptors (Lipinski definition) is 2. The Kier molecular flexibility index (Phi) is 6.41. The van der Waals surface area contributed by atoms with Gasteiger partial charge in [0.05, 0.1) is 0 Å². The number of nitrogens with one attached hydrogen (secondary N) is 1. The summed E-state index contributed by atoms with van der Waals surface area (Å²) in [5.41, 5.74) is 4.76. The maximum absolute atomic E-state index is 5.87.